The van der Waals surface area contributed by atoms with Crippen molar-refractivity contribution in [3.05, 3.63) is 41.3 Å². The number of amides is 1. The van der Waals surface area contributed by atoms with Crippen molar-refractivity contribution in [1.82, 2.24) is 24.8 Å². The topological polar surface area (TPSA) is 81.9 Å². The molecule has 3 aromatic rings. The summed E-state index contributed by atoms with van der Waals surface area (Å²) in [5.41, 5.74) is 4.13. The van der Waals surface area contributed by atoms with E-state index in [9.17, 15) is 4.79 Å². The van der Waals surface area contributed by atoms with E-state index < -0.39 is 0 Å². The second kappa shape index (κ2) is 9.76. The normalized spacial score (nSPS) is 12.1. The molecule has 0 saturated carbocycles. The van der Waals surface area contributed by atoms with Crippen LogP contribution in [-0.4, -0.2) is 45.2 Å². The highest BCUT2D eigenvalue weighted by atomic mass is 32.1. The number of carbonyl (C=O) groups excluding carboxylic acids is 1. The molecule has 0 saturated heterocycles. The van der Waals surface area contributed by atoms with E-state index in [1.807, 2.05) is 25.3 Å². The molecule has 1 unspecified atom stereocenters. The Bertz CT molecular complexity index is 951. The first-order chi connectivity index (χ1) is 14.0. The molecule has 29 heavy (non-hydrogen) atoms. The molecule has 0 fully saturated rings. The van der Waals surface area contributed by atoms with Crippen LogP contribution in [0.3, 0.4) is 0 Å². The second-order valence-corrected chi connectivity index (χ2v) is 7.80. The average Bonchev–Trinajstić information content (AvgIpc) is 3.34. The van der Waals surface area contributed by atoms with Crippen molar-refractivity contribution in [3.63, 3.8) is 0 Å². The fourth-order valence-electron chi connectivity index (χ4n) is 3.06. The minimum Gasteiger partial charge on any atom is -0.385 e. The monoisotopic (exact) mass is 413 g/mol. The van der Waals surface area contributed by atoms with Gasteiger partial charge in [0.05, 0.1) is 23.1 Å². The minimum atomic E-state index is -0.0482. The number of carbonyl (C=O) groups is 1. The standard InChI is InChI=1S/C21H27N5O2S/c1-5-14(2)24-20(27)16-11-19(26(15(16)3)9-6-10-28-4)18-13-29-21(25-18)17-12-22-7-8-23-17/h7-8,11-14H,5-6,9-10H2,1-4H3,(H,24,27). The molecule has 1 atom stereocenters. The molecular weight excluding hydrogens is 386 g/mol. The first-order valence-electron chi connectivity index (χ1n) is 9.77. The van der Waals surface area contributed by atoms with Crippen molar-refractivity contribution in [2.75, 3.05) is 13.7 Å². The van der Waals surface area contributed by atoms with Gasteiger partial charge in [0.1, 0.15) is 10.7 Å². The summed E-state index contributed by atoms with van der Waals surface area (Å²) in [6.45, 7) is 7.47. The van der Waals surface area contributed by atoms with Gasteiger partial charge in [0.15, 0.2) is 0 Å². The largest absolute Gasteiger partial charge is 0.385 e. The van der Waals surface area contributed by atoms with Crippen LogP contribution < -0.4 is 5.32 Å². The summed E-state index contributed by atoms with van der Waals surface area (Å²) in [6, 6.07) is 2.07. The Kier molecular flexibility index (Phi) is 7.11. The Morgan fingerprint density at radius 3 is 2.86 bits per heavy atom. The van der Waals surface area contributed by atoms with E-state index in [2.05, 4.69) is 26.8 Å². The van der Waals surface area contributed by atoms with Crippen LogP contribution in [0.15, 0.2) is 30.0 Å². The number of hydrogen-bond acceptors (Lipinski definition) is 6. The first kappa shape index (κ1) is 21.1. The van der Waals surface area contributed by atoms with Gasteiger partial charge in [-0.05, 0) is 32.8 Å². The molecule has 3 rings (SSSR count). The Morgan fingerprint density at radius 1 is 1.34 bits per heavy atom. The maximum absolute atomic E-state index is 12.8. The molecule has 0 aromatic carbocycles. The number of rotatable bonds is 9. The molecule has 154 valence electrons. The summed E-state index contributed by atoms with van der Waals surface area (Å²) in [7, 11) is 1.70. The third-order valence-corrected chi connectivity index (χ3v) is 5.74. The number of thiazole rings is 1. The molecule has 0 spiro atoms. The molecule has 0 radical (unpaired) electrons. The average molecular weight is 414 g/mol. The number of ether oxygens (including phenoxy) is 1. The van der Waals surface area contributed by atoms with E-state index in [0.717, 1.165) is 47.2 Å². The van der Waals surface area contributed by atoms with Crippen molar-refractivity contribution in [3.8, 4) is 22.1 Å². The summed E-state index contributed by atoms with van der Waals surface area (Å²) >= 11 is 1.52. The first-order valence-corrected chi connectivity index (χ1v) is 10.6. The van der Waals surface area contributed by atoms with E-state index in [1.165, 1.54) is 11.3 Å². The van der Waals surface area contributed by atoms with Gasteiger partial charge in [-0.15, -0.1) is 11.3 Å². The Labute approximate surface area is 175 Å². The molecular formula is C21H27N5O2S. The van der Waals surface area contributed by atoms with Crippen molar-refractivity contribution < 1.29 is 9.53 Å². The lowest BCUT2D eigenvalue weighted by Crippen LogP contribution is -2.32. The number of aromatic nitrogens is 4. The highest BCUT2D eigenvalue weighted by molar-refractivity contribution is 7.13. The maximum atomic E-state index is 12.8. The zero-order valence-electron chi connectivity index (χ0n) is 17.3. The van der Waals surface area contributed by atoms with Gasteiger partial charge in [0.25, 0.3) is 5.91 Å². The number of nitrogens with zero attached hydrogens (tertiary/aromatic N) is 4. The van der Waals surface area contributed by atoms with Gasteiger partial charge in [-0.1, -0.05) is 6.92 Å². The van der Waals surface area contributed by atoms with Crippen LogP contribution in [0.1, 0.15) is 42.7 Å². The Hall–Kier alpha value is -2.58. The van der Waals surface area contributed by atoms with Crippen LogP contribution in [0.4, 0.5) is 0 Å². The predicted octanol–water partition coefficient (Wildman–Crippen LogP) is 3.94. The summed E-state index contributed by atoms with van der Waals surface area (Å²) in [5, 5.41) is 5.87. The van der Waals surface area contributed by atoms with Crippen LogP contribution in [0.5, 0.6) is 0 Å². The molecule has 3 aromatic heterocycles. The summed E-state index contributed by atoms with van der Waals surface area (Å²) in [6.07, 6.45) is 6.75. The molecule has 3 heterocycles. The maximum Gasteiger partial charge on any atom is 0.253 e. The number of nitrogens with one attached hydrogen (secondary N) is 1. The summed E-state index contributed by atoms with van der Waals surface area (Å²) in [4.78, 5) is 26.0. The van der Waals surface area contributed by atoms with Crippen LogP contribution >= 0.6 is 11.3 Å². The van der Waals surface area contributed by atoms with Crippen molar-refractivity contribution >= 4 is 17.2 Å². The summed E-state index contributed by atoms with van der Waals surface area (Å²) in [5.74, 6) is -0.0482. The second-order valence-electron chi connectivity index (χ2n) is 6.94. The van der Waals surface area contributed by atoms with Gasteiger partial charge in [-0.25, -0.2) is 4.98 Å². The fourth-order valence-corrected chi connectivity index (χ4v) is 3.84. The zero-order valence-corrected chi connectivity index (χ0v) is 18.1. The lowest BCUT2D eigenvalue weighted by Gasteiger charge is -2.12. The van der Waals surface area contributed by atoms with Crippen molar-refractivity contribution in [1.29, 1.82) is 0 Å². The highest BCUT2D eigenvalue weighted by Gasteiger charge is 2.21. The SMILES string of the molecule is CCC(C)NC(=O)c1cc(-c2csc(-c3cnccn3)n2)n(CCCOC)c1C. The smallest absolute Gasteiger partial charge is 0.253 e. The highest BCUT2D eigenvalue weighted by Crippen LogP contribution is 2.30. The van der Waals surface area contributed by atoms with E-state index >= 15 is 0 Å². The van der Waals surface area contributed by atoms with Gasteiger partial charge in [0, 0.05) is 49.8 Å². The molecule has 8 heteroatoms. The summed E-state index contributed by atoms with van der Waals surface area (Å²) < 4.78 is 7.36. The van der Waals surface area contributed by atoms with Crippen molar-refractivity contribution in [2.24, 2.45) is 0 Å². The number of methoxy groups -OCH3 is 1. The lowest BCUT2D eigenvalue weighted by molar-refractivity contribution is 0.0938. The molecule has 7 nitrogen and oxygen atoms in total. The molecule has 1 amide bonds. The lowest BCUT2D eigenvalue weighted by atomic mass is 10.2. The molecule has 0 bridgehead atoms. The fraction of sp³-hybridized carbons (Fsp3) is 0.429. The van der Waals surface area contributed by atoms with Gasteiger partial charge in [-0.2, -0.15) is 0 Å². The van der Waals surface area contributed by atoms with E-state index in [0.29, 0.717) is 12.2 Å². The van der Waals surface area contributed by atoms with Crippen LogP contribution in [0.25, 0.3) is 22.1 Å². The molecule has 0 aliphatic heterocycles. The van der Waals surface area contributed by atoms with Crippen LogP contribution in [0.2, 0.25) is 0 Å². The van der Waals surface area contributed by atoms with Gasteiger partial charge in [0.2, 0.25) is 0 Å². The molecule has 1 N–H and O–H groups in total. The molecule has 0 aliphatic carbocycles. The van der Waals surface area contributed by atoms with Crippen molar-refractivity contribution in [2.45, 2.75) is 46.2 Å². The Morgan fingerprint density at radius 2 is 2.17 bits per heavy atom. The zero-order chi connectivity index (χ0) is 20.8. The third-order valence-electron chi connectivity index (χ3n) is 4.88. The number of hydrogen-bond donors (Lipinski definition) is 1. The quantitative estimate of drug-likeness (QED) is 0.537. The van der Waals surface area contributed by atoms with E-state index in [-0.39, 0.29) is 11.9 Å². The van der Waals surface area contributed by atoms with Crippen LogP contribution in [-0.2, 0) is 11.3 Å². The predicted molar refractivity (Wildman–Crippen MR) is 115 cm³/mol. The van der Waals surface area contributed by atoms with Gasteiger partial charge >= 0.3 is 0 Å². The molecule has 0 aliphatic rings. The van der Waals surface area contributed by atoms with E-state index in [1.54, 1.807) is 25.7 Å². The third kappa shape index (κ3) is 4.89. The Balaban J connectivity index is 1.97. The van der Waals surface area contributed by atoms with Gasteiger partial charge < -0.3 is 14.6 Å². The minimum absolute atomic E-state index is 0.0482. The van der Waals surface area contributed by atoms with Gasteiger partial charge in [-0.3, -0.25) is 14.8 Å². The van der Waals surface area contributed by atoms with Crippen LogP contribution in [0, 0.1) is 6.92 Å². The van der Waals surface area contributed by atoms with E-state index in [4.69, 9.17) is 9.72 Å².